The number of carbonyl (C=O) groups excluding carboxylic acids is 1. The number of amides is 1. The first kappa shape index (κ1) is 20.7. The molecule has 1 N–H and O–H groups in total. The Labute approximate surface area is 183 Å². The van der Waals surface area contributed by atoms with Gasteiger partial charge in [-0.05, 0) is 34.7 Å². The van der Waals surface area contributed by atoms with Crippen molar-refractivity contribution in [3.05, 3.63) is 91.4 Å². The number of nitrogens with one attached hydrogen (secondary N) is 1. The number of nitrogens with zero attached hydrogens (tertiary/aromatic N) is 5. The molecule has 4 aromatic rings. The molecule has 0 atom stereocenters. The van der Waals surface area contributed by atoms with Gasteiger partial charge in [-0.2, -0.15) is 10.2 Å². The van der Waals surface area contributed by atoms with Crippen molar-refractivity contribution in [2.24, 2.45) is 0 Å². The number of thiophene rings is 1. The summed E-state index contributed by atoms with van der Waals surface area (Å²) in [5.74, 6) is -0.717. The van der Waals surface area contributed by atoms with Crippen LogP contribution in [0.4, 0.5) is 15.8 Å². The molecule has 1 aromatic carbocycles. The Morgan fingerprint density at radius 1 is 1.19 bits per heavy atom. The number of aromatic nitrogens is 4. The summed E-state index contributed by atoms with van der Waals surface area (Å²) in [6.45, 7) is 0.641. The van der Waals surface area contributed by atoms with E-state index in [1.165, 1.54) is 46.7 Å². The van der Waals surface area contributed by atoms with Crippen molar-refractivity contribution in [3.8, 4) is 0 Å². The molecular weight excluding hydrogens is 447 g/mol. The summed E-state index contributed by atoms with van der Waals surface area (Å²) in [6, 6.07) is 5.84. The van der Waals surface area contributed by atoms with Crippen LogP contribution in [0.15, 0.2) is 54.4 Å². The van der Waals surface area contributed by atoms with Gasteiger partial charge in [0.2, 0.25) is 0 Å². The van der Waals surface area contributed by atoms with E-state index in [0.717, 1.165) is 5.56 Å². The van der Waals surface area contributed by atoms with Crippen molar-refractivity contribution in [1.82, 2.24) is 19.6 Å². The van der Waals surface area contributed by atoms with Crippen LogP contribution in [0.3, 0.4) is 0 Å². The topological polar surface area (TPSA) is 108 Å². The molecule has 3 heterocycles. The smallest absolute Gasteiger partial charge is 0.307 e. The van der Waals surface area contributed by atoms with Crippen LogP contribution in [0.1, 0.15) is 20.8 Å². The van der Waals surface area contributed by atoms with Crippen molar-refractivity contribution in [2.75, 3.05) is 5.32 Å². The van der Waals surface area contributed by atoms with Crippen LogP contribution in [-0.4, -0.2) is 30.4 Å². The molecule has 0 aliphatic heterocycles. The van der Waals surface area contributed by atoms with Gasteiger partial charge in [0.15, 0.2) is 0 Å². The molecule has 0 fully saturated rings. The Hall–Kier alpha value is -3.57. The fraction of sp³-hybridized carbons (Fsp3) is 0.105. The fourth-order valence-electron chi connectivity index (χ4n) is 2.83. The van der Waals surface area contributed by atoms with Crippen molar-refractivity contribution in [1.29, 1.82) is 0 Å². The first-order valence-electron chi connectivity index (χ1n) is 8.89. The van der Waals surface area contributed by atoms with E-state index in [9.17, 15) is 19.3 Å². The number of anilines is 1. The van der Waals surface area contributed by atoms with Crippen LogP contribution < -0.4 is 5.32 Å². The predicted octanol–water partition coefficient (Wildman–Crippen LogP) is 4.19. The third kappa shape index (κ3) is 4.95. The van der Waals surface area contributed by atoms with E-state index in [2.05, 4.69) is 15.5 Å². The quantitative estimate of drug-likeness (QED) is 0.328. The van der Waals surface area contributed by atoms with Crippen LogP contribution >= 0.6 is 22.9 Å². The van der Waals surface area contributed by atoms with Gasteiger partial charge in [-0.15, -0.1) is 11.3 Å². The van der Waals surface area contributed by atoms with Gasteiger partial charge in [0.25, 0.3) is 5.91 Å². The van der Waals surface area contributed by atoms with Gasteiger partial charge in [-0.1, -0.05) is 17.7 Å². The zero-order chi connectivity index (χ0) is 22.0. The third-order valence-electron chi connectivity index (χ3n) is 4.29. The highest BCUT2D eigenvalue weighted by Crippen LogP contribution is 2.21. The fourth-order valence-corrected chi connectivity index (χ4v) is 3.86. The molecule has 9 nitrogen and oxygen atoms in total. The first-order valence-corrected chi connectivity index (χ1v) is 10.1. The molecule has 0 saturated carbocycles. The van der Waals surface area contributed by atoms with E-state index < -0.39 is 10.7 Å². The lowest BCUT2D eigenvalue weighted by Gasteiger charge is -2.04. The molecule has 0 spiro atoms. The minimum absolute atomic E-state index is 0.0906. The second-order valence-electron chi connectivity index (χ2n) is 6.59. The summed E-state index contributed by atoms with van der Waals surface area (Å²) >= 11 is 7.29. The summed E-state index contributed by atoms with van der Waals surface area (Å²) in [6.07, 6.45) is 5.66. The summed E-state index contributed by atoms with van der Waals surface area (Å²) in [4.78, 5) is 23.2. The average Bonchev–Trinajstić information content (AvgIpc) is 3.46. The maximum Gasteiger partial charge on any atom is 0.307 e. The van der Waals surface area contributed by atoms with Crippen molar-refractivity contribution < 1.29 is 14.1 Å². The number of hydrogen-bond donors (Lipinski definition) is 1. The van der Waals surface area contributed by atoms with Gasteiger partial charge < -0.3 is 5.32 Å². The molecule has 0 bridgehead atoms. The molecule has 0 radical (unpaired) electrons. The molecule has 0 aliphatic carbocycles. The zero-order valence-electron chi connectivity index (χ0n) is 15.7. The maximum absolute atomic E-state index is 13.2. The summed E-state index contributed by atoms with van der Waals surface area (Å²) in [7, 11) is 0. The minimum Gasteiger partial charge on any atom is -0.319 e. The maximum atomic E-state index is 13.2. The normalized spacial score (nSPS) is 10.9. The Balaban J connectivity index is 1.38. The highest BCUT2D eigenvalue weighted by molar-refractivity contribution is 7.12. The van der Waals surface area contributed by atoms with Gasteiger partial charge in [0, 0.05) is 11.2 Å². The van der Waals surface area contributed by atoms with Crippen LogP contribution in [0.5, 0.6) is 0 Å². The van der Waals surface area contributed by atoms with E-state index in [1.807, 2.05) is 0 Å². The second-order valence-corrected chi connectivity index (χ2v) is 7.91. The van der Waals surface area contributed by atoms with Gasteiger partial charge >= 0.3 is 5.69 Å². The van der Waals surface area contributed by atoms with Gasteiger partial charge in [-0.25, -0.2) is 4.39 Å². The Bertz CT molecular complexity index is 1270. The van der Waals surface area contributed by atoms with E-state index in [-0.39, 0.29) is 11.6 Å². The highest BCUT2D eigenvalue weighted by atomic mass is 35.5. The molecule has 1 amide bonds. The number of halogens is 2. The van der Waals surface area contributed by atoms with Crippen LogP contribution in [0, 0.1) is 15.9 Å². The summed E-state index contributed by atoms with van der Waals surface area (Å²) in [5, 5.41) is 23.7. The van der Waals surface area contributed by atoms with E-state index in [4.69, 9.17) is 11.6 Å². The highest BCUT2D eigenvalue weighted by Gasteiger charge is 2.13. The molecule has 12 heteroatoms. The largest absolute Gasteiger partial charge is 0.319 e. The predicted molar refractivity (Wildman–Crippen MR) is 113 cm³/mol. The minimum atomic E-state index is -0.514. The average molecular weight is 461 g/mol. The molecule has 31 heavy (non-hydrogen) atoms. The van der Waals surface area contributed by atoms with Crippen molar-refractivity contribution >= 4 is 40.2 Å². The summed E-state index contributed by atoms with van der Waals surface area (Å²) in [5.41, 5.74) is 1.91. The molecule has 158 valence electrons. The van der Waals surface area contributed by atoms with Crippen molar-refractivity contribution in [3.63, 3.8) is 0 Å². The number of nitro groups is 1. The van der Waals surface area contributed by atoms with E-state index in [1.54, 1.807) is 28.4 Å². The number of hydrogen-bond acceptors (Lipinski definition) is 6. The zero-order valence-corrected chi connectivity index (χ0v) is 17.3. The second kappa shape index (κ2) is 8.66. The lowest BCUT2D eigenvalue weighted by atomic mass is 10.2. The monoisotopic (exact) mass is 460 g/mol. The van der Waals surface area contributed by atoms with E-state index >= 15 is 0 Å². The summed E-state index contributed by atoms with van der Waals surface area (Å²) < 4.78 is 16.2. The standard InChI is InChI=1S/C19H14ClFN6O3S/c20-17-4-14(21)2-1-13(17)8-26-9-15(5-22-26)24-19(28)18-3-12(11-31-18)7-25-10-16(6-23-25)27(29)30/h1-6,9-11H,7-8H2,(H,24,28). The Morgan fingerprint density at radius 3 is 2.71 bits per heavy atom. The molecule has 3 aromatic heterocycles. The Morgan fingerprint density at radius 2 is 1.97 bits per heavy atom. The van der Waals surface area contributed by atoms with Gasteiger partial charge in [0.1, 0.15) is 18.2 Å². The number of benzene rings is 1. The van der Waals surface area contributed by atoms with Gasteiger partial charge in [-0.3, -0.25) is 24.3 Å². The SMILES string of the molecule is O=C(Nc1cnn(Cc2ccc(F)cc2Cl)c1)c1cc(Cn2cc([N+](=O)[O-])cn2)cs1. The molecule has 0 aliphatic rings. The van der Waals surface area contributed by atoms with Crippen molar-refractivity contribution in [2.45, 2.75) is 13.1 Å². The Kier molecular flexibility index (Phi) is 5.78. The van der Waals surface area contributed by atoms with Gasteiger partial charge in [0.05, 0.1) is 34.8 Å². The number of rotatable bonds is 7. The molecule has 0 saturated heterocycles. The third-order valence-corrected chi connectivity index (χ3v) is 5.62. The first-order chi connectivity index (χ1) is 14.9. The van der Waals surface area contributed by atoms with Crippen LogP contribution in [-0.2, 0) is 13.1 Å². The number of carbonyl (C=O) groups is 1. The van der Waals surface area contributed by atoms with E-state index in [0.29, 0.717) is 34.2 Å². The molecular formula is C19H14ClFN6O3S. The van der Waals surface area contributed by atoms with Crippen LogP contribution in [0.25, 0.3) is 0 Å². The lowest BCUT2D eigenvalue weighted by Crippen LogP contribution is -2.09. The molecule has 0 unspecified atom stereocenters. The van der Waals surface area contributed by atoms with Crippen LogP contribution in [0.2, 0.25) is 5.02 Å². The molecule has 4 rings (SSSR count). The lowest BCUT2D eigenvalue weighted by molar-refractivity contribution is -0.385.